The van der Waals surface area contributed by atoms with Crippen molar-refractivity contribution < 1.29 is 14.4 Å². The summed E-state index contributed by atoms with van der Waals surface area (Å²) in [5.74, 6) is 1.37. The summed E-state index contributed by atoms with van der Waals surface area (Å²) in [4.78, 5) is 4.14. The Labute approximate surface area is 117 Å². The molecule has 20 heavy (non-hydrogen) atoms. The lowest BCUT2D eigenvalue weighted by Crippen LogP contribution is -2.12. The molecule has 0 aliphatic heterocycles. The third-order valence-corrected chi connectivity index (χ3v) is 3.01. The van der Waals surface area contributed by atoms with Crippen LogP contribution in [0.4, 0.5) is 0 Å². The minimum atomic E-state index is -0.242. The lowest BCUT2D eigenvalue weighted by molar-refractivity contribution is 0.380. The van der Waals surface area contributed by atoms with Gasteiger partial charge in [0.15, 0.2) is 0 Å². The van der Waals surface area contributed by atoms with Crippen molar-refractivity contribution in [3.8, 4) is 22.9 Å². The lowest BCUT2D eigenvalue weighted by atomic mass is 9.85. The number of ether oxygens (including phenoxy) is 1. The molecule has 0 amide bonds. The minimum absolute atomic E-state index is 0.127. The van der Waals surface area contributed by atoms with Crippen LogP contribution in [0.2, 0.25) is 0 Å². The zero-order valence-electron chi connectivity index (χ0n) is 12.1. The Morgan fingerprint density at radius 2 is 2.05 bits per heavy atom. The first-order chi connectivity index (χ1) is 9.36. The van der Waals surface area contributed by atoms with Gasteiger partial charge < -0.3 is 20.1 Å². The summed E-state index contributed by atoms with van der Waals surface area (Å²) in [6.45, 7) is 6.18. The molecule has 0 unspecified atom stereocenters. The van der Waals surface area contributed by atoms with Crippen LogP contribution >= 0.6 is 0 Å². The van der Waals surface area contributed by atoms with Gasteiger partial charge >= 0.3 is 0 Å². The average molecular weight is 277 g/mol. The third kappa shape index (κ3) is 2.60. The summed E-state index contributed by atoms with van der Waals surface area (Å²) in [6.07, 6.45) is 0. The molecule has 0 radical (unpaired) electrons. The van der Waals surface area contributed by atoms with Crippen LogP contribution in [0.15, 0.2) is 16.7 Å². The van der Waals surface area contributed by atoms with Crippen molar-refractivity contribution in [2.75, 3.05) is 7.11 Å². The molecular formula is C14H19N3O3. The van der Waals surface area contributed by atoms with E-state index in [1.807, 2.05) is 26.8 Å². The first kappa shape index (κ1) is 14.3. The Hall–Kier alpha value is -2.08. The standard InChI is InChI=1S/C14H19N3O3/c1-14(2,3)10-6-8(19-4)5-9(12(10)18)13-16-11(7-15)20-17-13/h5-6,18H,7,15H2,1-4H3. The van der Waals surface area contributed by atoms with Gasteiger partial charge in [-0.2, -0.15) is 4.98 Å². The summed E-state index contributed by atoms with van der Waals surface area (Å²) in [7, 11) is 1.57. The summed E-state index contributed by atoms with van der Waals surface area (Å²) >= 11 is 0. The summed E-state index contributed by atoms with van der Waals surface area (Å²) in [6, 6.07) is 3.48. The number of rotatable bonds is 3. The number of nitrogens with two attached hydrogens (primary N) is 1. The molecule has 6 nitrogen and oxygen atoms in total. The molecule has 0 bridgehead atoms. The number of phenols is 1. The van der Waals surface area contributed by atoms with E-state index in [4.69, 9.17) is 15.0 Å². The van der Waals surface area contributed by atoms with Gasteiger partial charge in [0.05, 0.1) is 19.2 Å². The first-order valence-electron chi connectivity index (χ1n) is 6.31. The summed E-state index contributed by atoms with van der Waals surface area (Å²) in [5.41, 5.74) is 6.43. The number of hydrogen-bond donors (Lipinski definition) is 2. The SMILES string of the molecule is COc1cc(-c2noc(CN)n2)c(O)c(C(C)(C)C)c1. The first-order valence-corrected chi connectivity index (χ1v) is 6.31. The zero-order chi connectivity index (χ0) is 14.9. The van der Waals surface area contributed by atoms with Crippen LogP contribution in [-0.2, 0) is 12.0 Å². The van der Waals surface area contributed by atoms with Crippen molar-refractivity contribution in [1.82, 2.24) is 10.1 Å². The van der Waals surface area contributed by atoms with Crippen LogP contribution in [0.25, 0.3) is 11.4 Å². The van der Waals surface area contributed by atoms with Gasteiger partial charge in [0.25, 0.3) is 0 Å². The van der Waals surface area contributed by atoms with E-state index >= 15 is 0 Å². The molecule has 0 atom stereocenters. The molecule has 1 aromatic carbocycles. The molecule has 0 saturated heterocycles. The smallest absolute Gasteiger partial charge is 0.240 e. The van der Waals surface area contributed by atoms with Crippen LogP contribution in [-0.4, -0.2) is 22.4 Å². The second-order valence-corrected chi connectivity index (χ2v) is 5.54. The topological polar surface area (TPSA) is 94.4 Å². The fourth-order valence-electron chi connectivity index (χ4n) is 1.92. The average Bonchev–Trinajstić information content (AvgIpc) is 2.86. The molecule has 1 aromatic heterocycles. The molecule has 0 spiro atoms. The van der Waals surface area contributed by atoms with E-state index in [1.165, 1.54) is 0 Å². The highest BCUT2D eigenvalue weighted by molar-refractivity contribution is 5.69. The Morgan fingerprint density at radius 1 is 1.35 bits per heavy atom. The van der Waals surface area contributed by atoms with Gasteiger partial charge in [-0.05, 0) is 17.5 Å². The highest BCUT2D eigenvalue weighted by Crippen LogP contribution is 2.40. The molecule has 6 heteroatoms. The van der Waals surface area contributed by atoms with Crippen molar-refractivity contribution in [3.05, 3.63) is 23.6 Å². The Kier molecular flexibility index (Phi) is 3.67. The third-order valence-electron chi connectivity index (χ3n) is 3.01. The molecule has 1 heterocycles. The van der Waals surface area contributed by atoms with Gasteiger partial charge in [-0.1, -0.05) is 25.9 Å². The van der Waals surface area contributed by atoms with Gasteiger partial charge in [0, 0.05) is 5.56 Å². The van der Waals surface area contributed by atoms with Gasteiger partial charge in [-0.25, -0.2) is 0 Å². The van der Waals surface area contributed by atoms with E-state index in [9.17, 15) is 5.11 Å². The zero-order valence-corrected chi connectivity index (χ0v) is 12.1. The molecule has 3 N–H and O–H groups in total. The number of nitrogens with zero attached hydrogens (tertiary/aromatic N) is 2. The largest absolute Gasteiger partial charge is 0.507 e. The second kappa shape index (κ2) is 5.13. The molecule has 0 aliphatic rings. The maximum atomic E-state index is 10.5. The number of aromatic hydroxyl groups is 1. The maximum absolute atomic E-state index is 10.5. The van der Waals surface area contributed by atoms with E-state index in [1.54, 1.807) is 13.2 Å². The molecule has 108 valence electrons. The monoisotopic (exact) mass is 277 g/mol. The van der Waals surface area contributed by atoms with Crippen molar-refractivity contribution in [3.63, 3.8) is 0 Å². The number of phenolic OH excluding ortho intramolecular Hbond substituents is 1. The normalized spacial score (nSPS) is 11.7. The fourth-order valence-corrected chi connectivity index (χ4v) is 1.92. The van der Waals surface area contributed by atoms with E-state index in [0.29, 0.717) is 23.0 Å². The highest BCUT2D eigenvalue weighted by atomic mass is 16.5. The molecular weight excluding hydrogens is 258 g/mol. The lowest BCUT2D eigenvalue weighted by Gasteiger charge is -2.22. The summed E-state index contributed by atoms with van der Waals surface area (Å²) in [5, 5.41) is 14.3. The van der Waals surface area contributed by atoms with E-state index in [-0.39, 0.29) is 17.7 Å². The summed E-state index contributed by atoms with van der Waals surface area (Å²) < 4.78 is 10.3. The Balaban J connectivity index is 2.63. The van der Waals surface area contributed by atoms with Crippen LogP contribution in [0.3, 0.4) is 0 Å². The Morgan fingerprint density at radius 3 is 2.55 bits per heavy atom. The molecule has 0 saturated carbocycles. The predicted octanol–water partition coefficient (Wildman–Crippen LogP) is 2.21. The van der Waals surface area contributed by atoms with E-state index in [2.05, 4.69) is 10.1 Å². The van der Waals surface area contributed by atoms with Crippen molar-refractivity contribution in [1.29, 1.82) is 0 Å². The van der Waals surface area contributed by atoms with Gasteiger partial charge in [-0.3, -0.25) is 0 Å². The molecule has 0 fully saturated rings. The van der Waals surface area contributed by atoms with Gasteiger partial charge in [-0.15, -0.1) is 0 Å². The number of methoxy groups -OCH3 is 1. The van der Waals surface area contributed by atoms with Crippen molar-refractivity contribution in [2.45, 2.75) is 32.7 Å². The predicted molar refractivity (Wildman–Crippen MR) is 74.5 cm³/mol. The minimum Gasteiger partial charge on any atom is -0.507 e. The second-order valence-electron chi connectivity index (χ2n) is 5.54. The van der Waals surface area contributed by atoms with Gasteiger partial charge in [0.1, 0.15) is 11.5 Å². The van der Waals surface area contributed by atoms with E-state index < -0.39 is 0 Å². The van der Waals surface area contributed by atoms with Crippen LogP contribution in [0, 0.1) is 0 Å². The van der Waals surface area contributed by atoms with Crippen LogP contribution < -0.4 is 10.5 Å². The van der Waals surface area contributed by atoms with Crippen LogP contribution in [0.1, 0.15) is 32.2 Å². The van der Waals surface area contributed by atoms with Crippen LogP contribution in [0.5, 0.6) is 11.5 Å². The number of benzene rings is 1. The maximum Gasteiger partial charge on any atom is 0.240 e. The molecule has 2 aromatic rings. The number of hydrogen-bond acceptors (Lipinski definition) is 6. The molecule has 2 rings (SSSR count). The Bertz CT molecular complexity index is 615. The highest BCUT2D eigenvalue weighted by Gasteiger charge is 2.24. The molecule has 0 aliphatic carbocycles. The van der Waals surface area contributed by atoms with Gasteiger partial charge in [0.2, 0.25) is 11.7 Å². The van der Waals surface area contributed by atoms with E-state index in [0.717, 1.165) is 5.56 Å². The fraction of sp³-hybridized carbons (Fsp3) is 0.429. The van der Waals surface area contributed by atoms with Crippen molar-refractivity contribution >= 4 is 0 Å². The number of aromatic nitrogens is 2. The quantitative estimate of drug-likeness (QED) is 0.893. The van der Waals surface area contributed by atoms with Crippen molar-refractivity contribution in [2.24, 2.45) is 5.73 Å².